The summed E-state index contributed by atoms with van der Waals surface area (Å²) in [4.78, 5) is 15.1. The van der Waals surface area contributed by atoms with Crippen LogP contribution in [-0.2, 0) is 6.54 Å². The van der Waals surface area contributed by atoms with Crippen molar-refractivity contribution in [3.05, 3.63) is 66.6 Å². The molecule has 7 nitrogen and oxygen atoms in total. The number of aromatic nitrogens is 4. The van der Waals surface area contributed by atoms with Gasteiger partial charge < -0.3 is 9.64 Å². The zero-order valence-electron chi connectivity index (χ0n) is 17.7. The molecule has 0 spiro atoms. The van der Waals surface area contributed by atoms with E-state index in [1.54, 1.807) is 13.2 Å². The van der Waals surface area contributed by atoms with Crippen LogP contribution in [0, 0.1) is 5.92 Å². The summed E-state index contributed by atoms with van der Waals surface area (Å²) in [7, 11) is 1.62. The highest BCUT2D eigenvalue weighted by molar-refractivity contribution is 5.95. The van der Waals surface area contributed by atoms with Gasteiger partial charge in [-0.25, -0.2) is 0 Å². The first-order valence-electron chi connectivity index (χ1n) is 10.5. The molecule has 158 valence electrons. The first kappa shape index (κ1) is 19.4. The first-order valence-corrected chi connectivity index (χ1v) is 10.5. The molecule has 1 N–H and O–H groups in total. The van der Waals surface area contributed by atoms with E-state index in [0.717, 1.165) is 41.5 Å². The van der Waals surface area contributed by atoms with Gasteiger partial charge in [0.1, 0.15) is 5.75 Å². The number of nitrogens with zero attached hydrogens (tertiary/aromatic N) is 4. The Morgan fingerprint density at radius 1 is 1.19 bits per heavy atom. The van der Waals surface area contributed by atoms with E-state index in [1.807, 2.05) is 41.7 Å². The number of aromatic amines is 1. The van der Waals surface area contributed by atoms with Crippen molar-refractivity contribution in [1.29, 1.82) is 0 Å². The van der Waals surface area contributed by atoms with Gasteiger partial charge in [-0.05, 0) is 55.2 Å². The second kappa shape index (κ2) is 7.91. The van der Waals surface area contributed by atoms with Crippen molar-refractivity contribution in [2.45, 2.75) is 25.9 Å². The van der Waals surface area contributed by atoms with Crippen LogP contribution in [0.5, 0.6) is 5.75 Å². The SMILES string of the molecule is COc1cccc(C(=O)N2CC(Cn3ncc4cc(-c5cn[nH]c5)ccc43)C[C@H]2C)c1. The number of hydrogen-bond acceptors (Lipinski definition) is 4. The molecule has 1 unspecified atom stereocenters. The van der Waals surface area contributed by atoms with Gasteiger partial charge in [-0.2, -0.15) is 10.2 Å². The second-order valence-corrected chi connectivity index (χ2v) is 8.23. The Morgan fingerprint density at radius 2 is 2.10 bits per heavy atom. The summed E-state index contributed by atoms with van der Waals surface area (Å²) in [6.07, 6.45) is 6.58. The first-order chi connectivity index (χ1) is 15.1. The largest absolute Gasteiger partial charge is 0.497 e. The minimum absolute atomic E-state index is 0.0592. The van der Waals surface area contributed by atoms with Crippen molar-refractivity contribution in [2.24, 2.45) is 5.92 Å². The summed E-state index contributed by atoms with van der Waals surface area (Å²) >= 11 is 0. The fraction of sp³-hybridized carbons (Fsp3) is 0.292. The summed E-state index contributed by atoms with van der Waals surface area (Å²) in [5.41, 5.74) is 3.96. The Hall–Kier alpha value is -3.61. The Bertz CT molecular complexity index is 1210. The quantitative estimate of drug-likeness (QED) is 0.535. The highest BCUT2D eigenvalue weighted by atomic mass is 16.5. The van der Waals surface area contributed by atoms with Gasteiger partial charge in [0.2, 0.25) is 0 Å². The summed E-state index contributed by atoms with van der Waals surface area (Å²) in [6, 6.07) is 13.9. The van der Waals surface area contributed by atoms with Gasteiger partial charge in [-0.3, -0.25) is 14.6 Å². The fourth-order valence-corrected chi connectivity index (χ4v) is 4.55. The Kier molecular flexibility index (Phi) is 4.94. The molecule has 1 aliphatic heterocycles. The molecule has 0 saturated carbocycles. The van der Waals surface area contributed by atoms with Crippen molar-refractivity contribution in [2.75, 3.05) is 13.7 Å². The monoisotopic (exact) mass is 415 g/mol. The third kappa shape index (κ3) is 3.67. The molecule has 4 aromatic rings. The number of fused-ring (bicyclic) bond motifs is 1. The average Bonchev–Trinajstić information content (AvgIpc) is 3.54. The summed E-state index contributed by atoms with van der Waals surface area (Å²) < 4.78 is 7.33. The number of amides is 1. The lowest BCUT2D eigenvalue weighted by Gasteiger charge is -2.21. The maximum absolute atomic E-state index is 13.1. The molecule has 0 radical (unpaired) electrons. The molecule has 0 bridgehead atoms. The van der Waals surface area contributed by atoms with Crippen LogP contribution in [0.2, 0.25) is 0 Å². The number of H-pyrrole nitrogens is 1. The van der Waals surface area contributed by atoms with Crippen molar-refractivity contribution in [3.8, 4) is 16.9 Å². The molecule has 0 aliphatic carbocycles. The smallest absolute Gasteiger partial charge is 0.254 e. The molecule has 31 heavy (non-hydrogen) atoms. The van der Waals surface area contributed by atoms with Crippen LogP contribution in [0.15, 0.2) is 61.1 Å². The summed E-state index contributed by atoms with van der Waals surface area (Å²) in [5.74, 6) is 1.12. The molecule has 2 aromatic heterocycles. The van der Waals surface area contributed by atoms with Gasteiger partial charge in [-0.15, -0.1) is 0 Å². The maximum Gasteiger partial charge on any atom is 0.254 e. The van der Waals surface area contributed by atoms with Gasteiger partial charge >= 0.3 is 0 Å². The van der Waals surface area contributed by atoms with Crippen molar-refractivity contribution >= 4 is 16.8 Å². The third-order valence-electron chi connectivity index (χ3n) is 6.14. The highest BCUT2D eigenvalue weighted by Gasteiger charge is 2.33. The molecule has 1 aliphatic rings. The zero-order chi connectivity index (χ0) is 21.4. The van der Waals surface area contributed by atoms with Crippen LogP contribution in [0.25, 0.3) is 22.0 Å². The number of ether oxygens (including phenoxy) is 1. The second-order valence-electron chi connectivity index (χ2n) is 8.23. The summed E-state index contributed by atoms with van der Waals surface area (Å²) in [6.45, 7) is 3.64. The van der Waals surface area contributed by atoms with E-state index in [-0.39, 0.29) is 11.9 Å². The van der Waals surface area contributed by atoms with E-state index in [0.29, 0.717) is 17.2 Å². The molecule has 2 atom stereocenters. The van der Waals surface area contributed by atoms with Crippen LogP contribution < -0.4 is 4.74 Å². The third-order valence-corrected chi connectivity index (χ3v) is 6.14. The van der Waals surface area contributed by atoms with Gasteiger partial charge in [0.25, 0.3) is 5.91 Å². The molecule has 2 aromatic carbocycles. The minimum atomic E-state index is 0.0592. The van der Waals surface area contributed by atoms with E-state index in [1.165, 1.54) is 0 Å². The molecule has 1 saturated heterocycles. The maximum atomic E-state index is 13.1. The normalized spacial score (nSPS) is 18.6. The molecule has 1 fully saturated rings. The van der Waals surface area contributed by atoms with E-state index >= 15 is 0 Å². The molecule has 7 heteroatoms. The van der Waals surface area contributed by atoms with Crippen LogP contribution >= 0.6 is 0 Å². The van der Waals surface area contributed by atoms with Crippen molar-refractivity contribution < 1.29 is 9.53 Å². The predicted octanol–water partition coefficient (Wildman–Crippen LogP) is 3.99. The molecular weight excluding hydrogens is 390 g/mol. The zero-order valence-corrected chi connectivity index (χ0v) is 17.7. The number of likely N-dealkylation sites (tertiary alicyclic amines) is 1. The van der Waals surface area contributed by atoms with Crippen LogP contribution in [0.1, 0.15) is 23.7 Å². The summed E-state index contributed by atoms with van der Waals surface area (Å²) in [5, 5.41) is 12.6. The van der Waals surface area contributed by atoms with Crippen molar-refractivity contribution in [3.63, 3.8) is 0 Å². The van der Waals surface area contributed by atoms with Gasteiger partial charge in [0.05, 0.1) is 25.0 Å². The molecule has 3 heterocycles. The minimum Gasteiger partial charge on any atom is -0.497 e. The topological polar surface area (TPSA) is 76.0 Å². The Labute approximate surface area is 180 Å². The number of rotatable bonds is 5. The molecule has 1 amide bonds. The van der Waals surface area contributed by atoms with Gasteiger partial charge in [-0.1, -0.05) is 12.1 Å². The Balaban J connectivity index is 1.32. The number of carbonyl (C=O) groups excluding carboxylic acids is 1. The van der Waals surface area contributed by atoms with E-state index in [9.17, 15) is 4.79 Å². The predicted molar refractivity (Wildman–Crippen MR) is 119 cm³/mol. The van der Waals surface area contributed by atoms with Gasteiger partial charge in [0.15, 0.2) is 0 Å². The van der Waals surface area contributed by atoms with Crippen LogP contribution in [0.4, 0.5) is 0 Å². The van der Waals surface area contributed by atoms with Crippen LogP contribution in [0.3, 0.4) is 0 Å². The number of nitrogens with one attached hydrogen (secondary N) is 1. The highest BCUT2D eigenvalue weighted by Crippen LogP contribution is 2.29. The molecule has 5 rings (SSSR count). The van der Waals surface area contributed by atoms with Crippen LogP contribution in [-0.4, -0.2) is 50.5 Å². The lowest BCUT2D eigenvalue weighted by atomic mass is 10.1. The number of methoxy groups -OCH3 is 1. The Morgan fingerprint density at radius 3 is 2.90 bits per heavy atom. The van der Waals surface area contributed by atoms with E-state index < -0.39 is 0 Å². The van der Waals surface area contributed by atoms with E-state index in [4.69, 9.17) is 4.74 Å². The average molecular weight is 415 g/mol. The van der Waals surface area contributed by atoms with Crippen molar-refractivity contribution in [1.82, 2.24) is 24.9 Å². The number of carbonyl (C=O) groups is 1. The molecular formula is C24H25N5O2. The number of benzene rings is 2. The van der Waals surface area contributed by atoms with Gasteiger partial charge in [0, 0.05) is 41.8 Å². The lowest BCUT2D eigenvalue weighted by molar-refractivity contribution is 0.0741. The number of hydrogen-bond donors (Lipinski definition) is 1. The fourth-order valence-electron chi connectivity index (χ4n) is 4.55. The lowest BCUT2D eigenvalue weighted by Crippen LogP contribution is -2.34. The standard InChI is InChI=1S/C24H25N5O2/c1-16-8-17(14-28(16)24(30)19-4-3-5-22(10-19)31-2)15-29-23-7-6-18(9-20(23)13-27-29)21-11-25-26-12-21/h3-7,9-13,16-17H,8,14-15H2,1-2H3,(H,25,26)/t16-,17?/m1/s1. The van der Waals surface area contributed by atoms with E-state index in [2.05, 4.69) is 45.1 Å².